The number of rotatable bonds is 4. The third kappa shape index (κ3) is 3.23. The van der Waals surface area contributed by atoms with Gasteiger partial charge in [0.1, 0.15) is 11.6 Å². The minimum absolute atomic E-state index is 0.0385. The first-order valence-electron chi connectivity index (χ1n) is 6.34. The smallest absolute Gasteiger partial charge is 0.149 e. The summed E-state index contributed by atoms with van der Waals surface area (Å²) in [5, 5.41) is 12.3. The molecule has 2 N–H and O–H groups in total. The van der Waals surface area contributed by atoms with E-state index in [1.807, 2.05) is 4.90 Å². The van der Waals surface area contributed by atoms with Crippen LogP contribution in [0, 0.1) is 11.6 Å². The molecule has 0 aromatic heterocycles. The number of aliphatic hydroxyl groups excluding tert-OH is 1. The molecule has 1 aliphatic heterocycles. The second-order valence-electron chi connectivity index (χ2n) is 4.57. The lowest BCUT2D eigenvalue weighted by molar-refractivity contribution is 0.135. The van der Waals surface area contributed by atoms with Crippen molar-refractivity contribution in [3.63, 3.8) is 0 Å². The molecule has 0 bridgehead atoms. The second kappa shape index (κ2) is 6.61. The molecule has 1 saturated heterocycles. The Kier molecular flexibility index (Phi) is 5.10. The van der Waals surface area contributed by atoms with Gasteiger partial charge in [0.25, 0.3) is 0 Å². The van der Waals surface area contributed by atoms with Gasteiger partial charge >= 0.3 is 0 Å². The van der Waals surface area contributed by atoms with Gasteiger partial charge < -0.3 is 10.4 Å². The molecule has 1 aromatic rings. The number of nitrogens with one attached hydrogen (secondary N) is 1. The van der Waals surface area contributed by atoms with Crippen molar-refractivity contribution in [3.05, 3.63) is 34.4 Å². The van der Waals surface area contributed by atoms with Crippen LogP contribution in [-0.2, 0) is 0 Å². The Labute approximate surface area is 116 Å². The standard InChI is InChI=1S/C13H17ClF2N2O/c14-9-1-2-10(15)12(13(9)16)11(3-8-19)18-6-4-17-5-7-18/h1-2,11,17,19H,3-8H2/t11-/m1/s1. The van der Waals surface area contributed by atoms with Gasteiger partial charge in [0.15, 0.2) is 0 Å². The van der Waals surface area contributed by atoms with Crippen molar-refractivity contribution < 1.29 is 13.9 Å². The predicted octanol–water partition coefficient (Wildman–Crippen LogP) is 1.95. The summed E-state index contributed by atoms with van der Waals surface area (Å²) in [5.74, 6) is -1.34. The summed E-state index contributed by atoms with van der Waals surface area (Å²) < 4.78 is 28.0. The maximum atomic E-state index is 14.1. The minimum Gasteiger partial charge on any atom is -0.396 e. The molecule has 0 radical (unpaired) electrons. The van der Waals surface area contributed by atoms with Gasteiger partial charge in [0.05, 0.1) is 5.02 Å². The second-order valence-corrected chi connectivity index (χ2v) is 4.98. The van der Waals surface area contributed by atoms with Gasteiger partial charge in [0, 0.05) is 44.4 Å². The van der Waals surface area contributed by atoms with Crippen LogP contribution in [0.3, 0.4) is 0 Å². The van der Waals surface area contributed by atoms with Crippen molar-refractivity contribution in [1.29, 1.82) is 0 Å². The van der Waals surface area contributed by atoms with Gasteiger partial charge in [-0.1, -0.05) is 11.6 Å². The molecule has 1 heterocycles. The first-order chi connectivity index (χ1) is 9.15. The number of benzene rings is 1. The van der Waals surface area contributed by atoms with Gasteiger partial charge in [0.2, 0.25) is 0 Å². The molecule has 0 spiro atoms. The van der Waals surface area contributed by atoms with Crippen LogP contribution in [0.25, 0.3) is 0 Å². The monoisotopic (exact) mass is 290 g/mol. The number of aliphatic hydroxyl groups is 1. The number of halogens is 3. The number of piperazine rings is 1. The average Bonchev–Trinajstić information content (AvgIpc) is 2.43. The van der Waals surface area contributed by atoms with Crippen LogP contribution >= 0.6 is 11.6 Å². The molecule has 6 heteroatoms. The minimum atomic E-state index is -0.723. The van der Waals surface area contributed by atoms with Crippen LogP contribution in [0.4, 0.5) is 8.78 Å². The molecule has 106 valence electrons. The van der Waals surface area contributed by atoms with Crippen LogP contribution in [0.1, 0.15) is 18.0 Å². The lowest BCUT2D eigenvalue weighted by Gasteiger charge is -2.35. The van der Waals surface area contributed by atoms with E-state index in [9.17, 15) is 8.78 Å². The molecule has 1 fully saturated rings. The average molecular weight is 291 g/mol. The lowest BCUT2D eigenvalue weighted by Crippen LogP contribution is -2.45. The van der Waals surface area contributed by atoms with Gasteiger partial charge in [-0.15, -0.1) is 0 Å². The van der Waals surface area contributed by atoms with E-state index in [1.54, 1.807) is 0 Å². The van der Waals surface area contributed by atoms with Crippen LogP contribution in [-0.4, -0.2) is 42.8 Å². The zero-order valence-electron chi connectivity index (χ0n) is 10.5. The van der Waals surface area contributed by atoms with Crippen LogP contribution < -0.4 is 5.32 Å². The highest BCUT2D eigenvalue weighted by molar-refractivity contribution is 6.30. The van der Waals surface area contributed by atoms with Crippen LogP contribution in [0.15, 0.2) is 12.1 Å². The Morgan fingerprint density at radius 2 is 2.00 bits per heavy atom. The van der Waals surface area contributed by atoms with E-state index in [2.05, 4.69) is 5.32 Å². The molecular weight excluding hydrogens is 274 g/mol. The lowest BCUT2D eigenvalue weighted by atomic mass is 10.00. The largest absolute Gasteiger partial charge is 0.396 e. The maximum absolute atomic E-state index is 14.1. The van der Waals surface area contributed by atoms with E-state index >= 15 is 0 Å². The Morgan fingerprint density at radius 1 is 1.32 bits per heavy atom. The van der Waals surface area contributed by atoms with Crippen molar-refractivity contribution >= 4 is 11.6 Å². The Bertz CT molecular complexity index is 439. The topological polar surface area (TPSA) is 35.5 Å². The van der Waals surface area contributed by atoms with Gasteiger partial charge in [-0.2, -0.15) is 0 Å². The molecule has 0 unspecified atom stereocenters. The van der Waals surface area contributed by atoms with Crippen LogP contribution in [0.5, 0.6) is 0 Å². The fourth-order valence-corrected chi connectivity index (χ4v) is 2.64. The first-order valence-corrected chi connectivity index (χ1v) is 6.72. The van der Waals surface area contributed by atoms with Crippen molar-refractivity contribution in [2.24, 2.45) is 0 Å². The molecule has 2 rings (SSSR count). The summed E-state index contributed by atoms with van der Waals surface area (Å²) in [4.78, 5) is 1.98. The number of nitrogens with zero attached hydrogens (tertiary/aromatic N) is 1. The summed E-state index contributed by atoms with van der Waals surface area (Å²) in [7, 11) is 0. The summed E-state index contributed by atoms with van der Waals surface area (Å²) in [5.41, 5.74) is -0.0385. The first kappa shape index (κ1) is 14.7. The zero-order valence-corrected chi connectivity index (χ0v) is 11.3. The summed E-state index contributed by atoms with van der Waals surface area (Å²) in [6.07, 6.45) is 0.286. The Balaban J connectivity index is 2.35. The highest BCUT2D eigenvalue weighted by Crippen LogP contribution is 2.32. The summed E-state index contributed by atoms with van der Waals surface area (Å²) >= 11 is 5.73. The molecule has 0 aliphatic carbocycles. The van der Waals surface area contributed by atoms with Crippen LogP contribution in [0.2, 0.25) is 5.02 Å². The molecule has 0 amide bonds. The van der Waals surface area contributed by atoms with Crippen molar-refractivity contribution in [2.45, 2.75) is 12.5 Å². The molecular formula is C13H17ClF2N2O. The van der Waals surface area contributed by atoms with E-state index < -0.39 is 17.7 Å². The van der Waals surface area contributed by atoms with E-state index in [0.717, 1.165) is 13.1 Å². The van der Waals surface area contributed by atoms with Gasteiger partial charge in [-0.3, -0.25) is 4.90 Å². The Hall–Kier alpha value is -0.750. The molecule has 1 atom stereocenters. The number of hydrogen-bond donors (Lipinski definition) is 2. The van der Waals surface area contributed by atoms with E-state index in [-0.39, 0.29) is 23.6 Å². The number of hydrogen-bond acceptors (Lipinski definition) is 3. The van der Waals surface area contributed by atoms with Crippen molar-refractivity contribution in [2.75, 3.05) is 32.8 Å². The quantitative estimate of drug-likeness (QED) is 0.832. The molecule has 0 saturated carbocycles. The third-order valence-electron chi connectivity index (χ3n) is 3.41. The highest BCUT2D eigenvalue weighted by atomic mass is 35.5. The predicted molar refractivity (Wildman–Crippen MR) is 70.3 cm³/mol. The SMILES string of the molecule is OCC[C@H](c1c(F)ccc(Cl)c1F)N1CCNCC1. The maximum Gasteiger partial charge on any atom is 0.149 e. The molecule has 1 aromatic carbocycles. The van der Waals surface area contributed by atoms with E-state index in [0.29, 0.717) is 13.1 Å². The van der Waals surface area contributed by atoms with E-state index in [4.69, 9.17) is 16.7 Å². The summed E-state index contributed by atoms with van der Waals surface area (Å²) in [6.45, 7) is 2.80. The van der Waals surface area contributed by atoms with E-state index in [1.165, 1.54) is 12.1 Å². The third-order valence-corrected chi connectivity index (χ3v) is 3.70. The molecule has 19 heavy (non-hydrogen) atoms. The van der Waals surface area contributed by atoms with Crippen molar-refractivity contribution in [3.8, 4) is 0 Å². The normalized spacial score (nSPS) is 18.5. The fraction of sp³-hybridized carbons (Fsp3) is 0.538. The summed E-state index contributed by atoms with van der Waals surface area (Å²) in [6, 6.07) is 1.90. The van der Waals surface area contributed by atoms with Gasteiger partial charge in [-0.25, -0.2) is 8.78 Å². The fourth-order valence-electron chi connectivity index (χ4n) is 2.47. The Morgan fingerprint density at radius 3 is 2.63 bits per heavy atom. The zero-order chi connectivity index (χ0) is 13.8. The molecule has 1 aliphatic rings. The highest BCUT2D eigenvalue weighted by Gasteiger charge is 2.28. The van der Waals surface area contributed by atoms with Crippen molar-refractivity contribution in [1.82, 2.24) is 10.2 Å². The van der Waals surface area contributed by atoms with Gasteiger partial charge in [-0.05, 0) is 18.6 Å². The molecule has 3 nitrogen and oxygen atoms in total.